The number of unbranched alkanes of at least 4 members (excludes halogenated alkanes) is 10. The molecule has 0 unspecified atom stereocenters. The highest BCUT2D eigenvalue weighted by molar-refractivity contribution is 6.05. The highest BCUT2D eigenvalue weighted by Gasteiger charge is 2.23. The number of aromatic nitrogens is 2. The second kappa shape index (κ2) is 22.1. The quantitative estimate of drug-likeness (QED) is 0.0476. The number of hydrogen-bond acceptors (Lipinski definition) is 2. The molecule has 0 aliphatic heterocycles. The van der Waals surface area contributed by atoms with Crippen LogP contribution in [0.25, 0.3) is 55.0 Å². The molecule has 0 aliphatic carbocycles. The van der Waals surface area contributed by atoms with Gasteiger partial charge in [-0.3, -0.25) is 9.59 Å². The van der Waals surface area contributed by atoms with Gasteiger partial charge < -0.3 is 9.13 Å². The van der Waals surface area contributed by atoms with Gasteiger partial charge in [0.05, 0.1) is 33.4 Å². The van der Waals surface area contributed by atoms with Crippen molar-refractivity contribution in [2.75, 3.05) is 0 Å². The van der Waals surface area contributed by atoms with Crippen molar-refractivity contribution < 1.29 is 0 Å². The van der Waals surface area contributed by atoms with Gasteiger partial charge in [0.2, 0.25) is 0 Å². The third-order valence-electron chi connectivity index (χ3n) is 13.6. The first kappa shape index (κ1) is 46.0. The Balaban J connectivity index is 1.61. The maximum absolute atomic E-state index is 15.1. The van der Waals surface area contributed by atoms with Crippen LogP contribution >= 0.6 is 0 Å². The molecule has 5 aromatic carbocycles. The first-order valence-electron chi connectivity index (χ1n) is 25.2. The summed E-state index contributed by atoms with van der Waals surface area (Å²) in [5.41, 5.74) is 14.1. The Labute approximate surface area is 377 Å². The van der Waals surface area contributed by atoms with Crippen molar-refractivity contribution >= 4 is 43.6 Å². The van der Waals surface area contributed by atoms with Gasteiger partial charge in [0.15, 0.2) is 10.9 Å². The Hall–Kier alpha value is -4.96. The van der Waals surface area contributed by atoms with E-state index < -0.39 is 0 Å². The fourth-order valence-corrected chi connectivity index (χ4v) is 10.3. The second-order valence-electron chi connectivity index (χ2n) is 18.4. The second-order valence-corrected chi connectivity index (χ2v) is 18.4. The van der Waals surface area contributed by atoms with Crippen molar-refractivity contribution in [1.29, 1.82) is 0 Å². The summed E-state index contributed by atoms with van der Waals surface area (Å²) in [4.78, 5) is 30.3. The van der Waals surface area contributed by atoms with Gasteiger partial charge in [-0.25, -0.2) is 0 Å². The standard InChI is InChI=1S/C59H74N2O2/c1-7-13-17-20-28-43-38-45(29-16-10-4)57(47(39-43)31-22-19-15-9-3)61-53-35-26-24-33-49(53)59(63)51-40-54-50(41-55(51)61)58(62)48-32-23-25-34-52(48)60(54)56-44(27-11-5)36-42(12-6)37-46(56)30-21-18-14-8-2/h23-26,32-41H,7-22,27-31H2,1-6H3. The monoisotopic (exact) mass is 843 g/mol. The molecule has 0 aliphatic rings. The highest BCUT2D eigenvalue weighted by atomic mass is 16.1. The number of rotatable bonds is 23. The average Bonchev–Trinajstić information content (AvgIpc) is 3.30. The van der Waals surface area contributed by atoms with E-state index in [9.17, 15) is 0 Å². The Morgan fingerprint density at radius 3 is 1.17 bits per heavy atom. The van der Waals surface area contributed by atoms with E-state index in [1.807, 2.05) is 24.3 Å². The van der Waals surface area contributed by atoms with Crippen LogP contribution in [0.15, 0.2) is 94.5 Å². The number of pyridine rings is 2. The molecule has 7 rings (SSSR count). The van der Waals surface area contributed by atoms with Crippen molar-refractivity contribution in [2.24, 2.45) is 0 Å². The number of aryl methyl sites for hydroxylation is 6. The van der Waals surface area contributed by atoms with Crippen LogP contribution in [0.1, 0.15) is 171 Å². The molecule has 0 bridgehead atoms. The number of hydrogen-bond donors (Lipinski definition) is 0. The lowest BCUT2D eigenvalue weighted by Crippen LogP contribution is -2.17. The lowest BCUT2D eigenvalue weighted by Gasteiger charge is -2.25. The lowest BCUT2D eigenvalue weighted by molar-refractivity contribution is 0.659. The van der Waals surface area contributed by atoms with Crippen LogP contribution < -0.4 is 10.9 Å². The topological polar surface area (TPSA) is 44.0 Å². The molecular weight excluding hydrogens is 769 g/mol. The molecule has 0 radical (unpaired) electrons. The van der Waals surface area contributed by atoms with Crippen molar-refractivity contribution in [3.8, 4) is 11.4 Å². The fourth-order valence-electron chi connectivity index (χ4n) is 10.3. The van der Waals surface area contributed by atoms with Gasteiger partial charge in [-0.05, 0) is 134 Å². The fraction of sp³-hybridized carbons (Fsp3) is 0.458. The van der Waals surface area contributed by atoms with Crippen LogP contribution in [0.2, 0.25) is 0 Å². The van der Waals surface area contributed by atoms with Crippen LogP contribution in [-0.4, -0.2) is 9.13 Å². The van der Waals surface area contributed by atoms with E-state index in [0.717, 1.165) is 98.1 Å². The summed E-state index contributed by atoms with van der Waals surface area (Å²) < 4.78 is 4.78. The molecule has 0 amide bonds. The Morgan fingerprint density at radius 2 is 0.746 bits per heavy atom. The van der Waals surface area contributed by atoms with Crippen LogP contribution in [0.5, 0.6) is 0 Å². The van der Waals surface area contributed by atoms with Gasteiger partial charge in [-0.15, -0.1) is 0 Å². The average molecular weight is 843 g/mol. The zero-order chi connectivity index (χ0) is 44.3. The molecule has 63 heavy (non-hydrogen) atoms. The normalized spacial score (nSPS) is 11.8. The minimum atomic E-state index is 0.0195. The molecule has 4 nitrogen and oxygen atoms in total. The maximum Gasteiger partial charge on any atom is 0.197 e. The van der Waals surface area contributed by atoms with Crippen LogP contribution in [0.3, 0.4) is 0 Å². The first-order valence-corrected chi connectivity index (χ1v) is 25.2. The van der Waals surface area contributed by atoms with E-state index in [0.29, 0.717) is 16.2 Å². The summed E-state index contributed by atoms with van der Waals surface area (Å²) >= 11 is 0. The van der Waals surface area contributed by atoms with Crippen LogP contribution in [0, 0.1) is 0 Å². The number of para-hydroxylation sites is 2. The molecule has 4 heteroatoms. The zero-order valence-corrected chi connectivity index (χ0v) is 39.6. The molecule has 0 N–H and O–H groups in total. The van der Waals surface area contributed by atoms with E-state index in [4.69, 9.17) is 0 Å². The van der Waals surface area contributed by atoms with Gasteiger partial charge in [-0.1, -0.05) is 161 Å². The van der Waals surface area contributed by atoms with E-state index in [2.05, 4.69) is 111 Å². The van der Waals surface area contributed by atoms with Crippen molar-refractivity contribution in [1.82, 2.24) is 9.13 Å². The van der Waals surface area contributed by atoms with Gasteiger partial charge in [-0.2, -0.15) is 0 Å². The summed E-state index contributed by atoms with van der Waals surface area (Å²) in [6.45, 7) is 13.6. The number of fused-ring (bicyclic) bond motifs is 4. The van der Waals surface area contributed by atoms with Crippen molar-refractivity contribution in [3.63, 3.8) is 0 Å². The predicted molar refractivity (Wildman–Crippen MR) is 273 cm³/mol. The van der Waals surface area contributed by atoms with Gasteiger partial charge in [0, 0.05) is 21.5 Å². The van der Waals surface area contributed by atoms with E-state index in [1.165, 1.54) is 109 Å². The molecule has 0 spiro atoms. The zero-order valence-electron chi connectivity index (χ0n) is 39.6. The Bertz CT molecular complexity index is 2790. The van der Waals surface area contributed by atoms with Crippen LogP contribution in [0.4, 0.5) is 0 Å². The molecule has 0 saturated heterocycles. The molecule has 332 valence electrons. The molecule has 0 fully saturated rings. The number of benzene rings is 5. The Kier molecular flexibility index (Phi) is 16.1. The van der Waals surface area contributed by atoms with E-state index in [1.54, 1.807) is 0 Å². The smallest absolute Gasteiger partial charge is 0.197 e. The predicted octanol–water partition coefficient (Wildman–Crippen LogP) is 15.8. The van der Waals surface area contributed by atoms with Crippen molar-refractivity contribution in [2.45, 2.75) is 176 Å². The summed E-state index contributed by atoms with van der Waals surface area (Å²) in [7, 11) is 0. The molecule has 0 saturated carbocycles. The molecular formula is C59H74N2O2. The summed E-state index contributed by atoms with van der Waals surface area (Å²) in [6, 6.07) is 30.4. The highest BCUT2D eigenvalue weighted by Crippen LogP contribution is 2.37. The molecule has 2 heterocycles. The summed E-state index contributed by atoms with van der Waals surface area (Å²) in [6.07, 6.45) is 23.6. The molecule has 2 aromatic heterocycles. The third-order valence-corrected chi connectivity index (χ3v) is 13.6. The SMILES string of the molecule is CCCCCCc1cc(CCCC)c(-n2c3ccccc3c(=O)c3cc4c(cc32)c(=O)c2ccccc2n4-c2c(CCC)cc(CC)cc2CCCCCC)c(CCCCCC)c1. The van der Waals surface area contributed by atoms with E-state index in [-0.39, 0.29) is 10.9 Å². The van der Waals surface area contributed by atoms with Gasteiger partial charge in [0.1, 0.15) is 0 Å². The molecule has 0 atom stereocenters. The minimum Gasteiger partial charge on any atom is -0.308 e. The van der Waals surface area contributed by atoms with Gasteiger partial charge >= 0.3 is 0 Å². The summed E-state index contributed by atoms with van der Waals surface area (Å²) in [5.74, 6) is 0. The largest absolute Gasteiger partial charge is 0.308 e. The lowest BCUT2D eigenvalue weighted by atomic mass is 9.92. The minimum absolute atomic E-state index is 0.0195. The third kappa shape index (κ3) is 9.91. The first-order chi connectivity index (χ1) is 30.9. The summed E-state index contributed by atoms with van der Waals surface area (Å²) in [5, 5.41) is 2.76. The number of nitrogens with zero attached hydrogens (tertiary/aromatic N) is 2. The van der Waals surface area contributed by atoms with E-state index >= 15 is 9.59 Å². The van der Waals surface area contributed by atoms with Crippen LogP contribution in [-0.2, 0) is 38.5 Å². The van der Waals surface area contributed by atoms with Crippen molar-refractivity contribution in [3.05, 3.63) is 139 Å². The van der Waals surface area contributed by atoms with Gasteiger partial charge in [0.25, 0.3) is 0 Å². The molecule has 7 aromatic rings. The maximum atomic E-state index is 15.1. The Morgan fingerprint density at radius 1 is 0.349 bits per heavy atom.